The van der Waals surface area contributed by atoms with E-state index in [0.717, 1.165) is 66.3 Å². The Balaban J connectivity index is -0.000000710. The van der Waals surface area contributed by atoms with Crippen molar-refractivity contribution < 1.29 is 47.2 Å². The van der Waals surface area contributed by atoms with Crippen LogP contribution in [0.3, 0.4) is 0 Å². The molecule has 0 unspecified atom stereocenters. The molecule has 19 heteroatoms. The summed E-state index contributed by atoms with van der Waals surface area (Å²) in [5, 5.41) is 0.181. The van der Waals surface area contributed by atoms with E-state index in [1.165, 1.54) is 6.42 Å². The van der Waals surface area contributed by atoms with Crippen LogP contribution in [-0.2, 0) is 9.47 Å². The Morgan fingerprint density at radius 2 is 0.689 bits per heavy atom. The molecule has 6 aromatic rings. The maximum absolute atomic E-state index is 6.03. The fraction of sp³-hybridized carbons (Fsp3) is 0.262. The number of aromatic nitrogens is 6. The third-order valence-corrected chi connectivity index (χ3v) is 9.34. The standard InChI is InChI=1S/C15H8Br2ClN3.C6H4Br2.C6H4Br.2C4H10O.C4H9.C3Cl3N3.2Li/c16-11-5-1-9(2-6-11)13-19-14(21-15(18)20-13)10-3-7-12(17)8-4-10;7-5-1-2-6(8)4-3-5;7-6-4-2-1-3-5-6;2*1-3-5-4-2;1-3-4-2;4-1-7-2(5)9-3(6)8-1;;/h1-8H;1-4H;2-5H;2*3-4H2,1-2H3;1,3-4H2,2H3;;;/q;;-1;;;-1;;2*+1. The first-order valence-electron chi connectivity index (χ1n) is 17.9. The first-order valence-corrected chi connectivity index (χ1v) is 23.3. The molecule has 0 saturated heterocycles. The number of unbranched alkanes of at least 4 members (excludes halogenated alkanes) is 1. The number of nitrogens with zero attached hydrogens (tertiary/aromatic N) is 6. The van der Waals surface area contributed by atoms with Crippen LogP contribution in [0.1, 0.15) is 47.5 Å². The van der Waals surface area contributed by atoms with E-state index < -0.39 is 0 Å². The van der Waals surface area contributed by atoms with Crippen LogP contribution in [0.15, 0.2) is 119 Å². The second-order valence-electron chi connectivity index (χ2n) is 10.5. The van der Waals surface area contributed by atoms with Crippen LogP contribution in [0.2, 0.25) is 21.1 Å². The summed E-state index contributed by atoms with van der Waals surface area (Å²) in [4.78, 5) is 23.3. The summed E-state index contributed by atoms with van der Waals surface area (Å²) in [6.07, 6.45) is 2.28. The molecular weight excluding hydrogens is 1180 g/mol. The minimum Gasteiger partial charge on any atom is -0.382 e. The zero-order valence-electron chi connectivity index (χ0n) is 35.1. The number of rotatable bonds is 7. The molecule has 2 aromatic heterocycles. The van der Waals surface area contributed by atoms with Crippen LogP contribution >= 0.6 is 126 Å². The first kappa shape index (κ1) is 64.9. The summed E-state index contributed by atoms with van der Waals surface area (Å²) in [6.45, 7) is 17.1. The van der Waals surface area contributed by atoms with Crippen molar-refractivity contribution in [2.24, 2.45) is 0 Å². The molecule has 0 amide bonds. The Labute approximate surface area is 448 Å². The van der Waals surface area contributed by atoms with E-state index in [1.54, 1.807) is 0 Å². The van der Waals surface area contributed by atoms with Gasteiger partial charge in [0.25, 0.3) is 0 Å². The first-order chi connectivity index (χ1) is 28.2. The average Bonchev–Trinajstić information content (AvgIpc) is 3.21. The van der Waals surface area contributed by atoms with Crippen LogP contribution in [0, 0.1) is 13.0 Å². The van der Waals surface area contributed by atoms with Crippen LogP contribution in [-0.4, -0.2) is 56.3 Å². The van der Waals surface area contributed by atoms with Gasteiger partial charge in [-0.1, -0.05) is 122 Å². The molecule has 0 radical (unpaired) electrons. The van der Waals surface area contributed by atoms with Crippen LogP contribution in [0.5, 0.6) is 0 Å². The Morgan fingerprint density at radius 3 is 0.902 bits per heavy atom. The second-order valence-corrected chi connectivity index (χ2v) is 16.4. The fourth-order valence-corrected chi connectivity index (χ4v) is 5.41. The summed E-state index contributed by atoms with van der Waals surface area (Å²) in [6, 6.07) is 34.0. The Kier molecular flexibility index (Phi) is 44.9. The predicted octanol–water partition coefficient (Wildman–Crippen LogP) is 10.4. The Bertz CT molecular complexity index is 1810. The average molecular weight is 1220 g/mol. The molecule has 0 bridgehead atoms. The zero-order valence-corrected chi connectivity index (χ0v) is 46.0. The van der Waals surface area contributed by atoms with Crippen LogP contribution < -0.4 is 37.7 Å². The van der Waals surface area contributed by atoms with E-state index in [9.17, 15) is 0 Å². The summed E-state index contributed by atoms with van der Waals surface area (Å²) in [7, 11) is 0. The Morgan fingerprint density at radius 1 is 0.443 bits per heavy atom. The molecule has 8 nitrogen and oxygen atoms in total. The van der Waals surface area contributed by atoms with Gasteiger partial charge in [0.1, 0.15) is 0 Å². The minimum atomic E-state index is 0. The molecular formula is C42H45Br5Cl4Li2N6O2. The van der Waals surface area contributed by atoms with Crippen molar-refractivity contribution in [1.82, 2.24) is 29.9 Å². The number of benzene rings is 4. The second kappa shape index (κ2) is 42.2. The third kappa shape index (κ3) is 35.5. The molecule has 0 saturated carbocycles. The molecule has 0 atom stereocenters. The molecule has 0 fully saturated rings. The van der Waals surface area contributed by atoms with Gasteiger partial charge in [-0.15, -0.1) is 0 Å². The van der Waals surface area contributed by atoms with Gasteiger partial charge in [-0.25, -0.2) is 4.98 Å². The zero-order chi connectivity index (χ0) is 44.4. The third-order valence-electron chi connectivity index (χ3n) is 6.02. The number of halogens is 9. The van der Waals surface area contributed by atoms with E-state index >= 15 is 0 Å². The number of hydrogen-bond donors (Lipinski definition) is 0. The van der Waals surface area contributed by atoms with Crippen molar-refractivity contribution in [3.63, 3.8) is 0 Å². The van der Waals surface area contributed by atoms with Crippen molar-refractivity contribution >= 4 is 126 Å². The fourth-order valence-electron chi connectivity index (χ4n) is 3.31. The molecule has 0 aliphatic rings. The van der Waals surface area contributed by atoms with E-state index in [4.69, 9.17) is 55.9 Å². The van der Waals surface area contributed by atoms with Crippen molar-refractivity contribution in [3.8, 4) is 22.8 Å². The topological polar surface area (TPSA) is 95.8 Å². The van der Waals surface area contributed by atoms with Gasteiger partial charge in [-0.3, -0.25) is 0 Å². The SMILES string of the molecule is Brc1cc[c-]cc1.Brc1ccc(Br)cc1.CCOCC.CCOCC.Clc1nc(-c2ccc(Br)cc2)nc(-c2ccc(Br)cc2)n1.Clc1nc(Cl)nc(Cl)n1.[CH2-]CCC.[Li+].[Li+]. The summed E-state index contributed by atoms with van der Waals surface area (Å²) in [5.74, 6) is 1.11. The summed E-state index contributed by atoms with van der Waals surface area (Å²) >= 11 is 38.7. The normalized spacial score (nSPS) is 9.16. The molecule has 0 spiro atoms. The van der Waals surface area contributed by atoms with Gasteiger partial charge in [0.15, 0.2) is 11.6 Å². The molecule has 6 rings (SSSR count). The molecule has 0 aliphatic carbocycles. The smallest absolute Gasteiger partial charge is 0.382 e. The van der Waals surface area contributed by atoms with Crippen molar-refractivity contribution in [2.75, 3.05) is 26.4 Å². The van der Waals surface area contributed by atoms with E-state index in [-0.39, 0.29) is 58.9 Å². The predicted molar refractivity (Wildman–Crippen MR) is 265 cm³/mol. The van der Waals surface area contributed by atoms with Gasteiger partial charge >= 0.3 is 37.7 Å². The largest absolute Gasteiger partial charge is 1.00 e. The van der Waals surface area contributed by atoms with E-state index in [1.807, 2.05) is 125 Å². The maximum atomic E-state index is 6.03. The van der Waals surface area contributed by atoms with Gasteiger partial charge < -0.3 is 16.4 Å². The number of hydrogen-bond acceptors (Lipinski definition) is 8. The van der Waals surface area contributed by atoms with Gasteiger partial charge in [-0.05, 0) is 123 Å². The molecule has 2 heterocycles. The van der Waals surface area contributed by atoms with Gasteiger partial charge in [0.2, 0.25) is 21.1 Å². The minimum absolute atomic E-state index is 0. The van der Waals surface area contributed by atoms with E-state index in [0.29, 0.717) is 11.6 Å². The monoisotopic (exact) mass is 1210 g/mol. The molecule has 61 heavy (non-hydrogen) atoms. The molecule has 4 aromatic carbocycles. The van der Waals surface area contributed by atoms with Crippen LogP contribution in [0.25, 0.3) is 22.8 Å². The number of ether oxygens (including phenoxy) is 2. The molecule has 0 N–H and O–H groups in total. The Hall–Kier alpha value is -0.425. The van der Waals surface area contributed by atoms with Crippen molar-refractivity contribution in [2.45, 2.75) is 47.5 Å². The van der Waals surface area contributed by atoms with E-state index in [2.05, 4.69) is 129 Å². The van der Waals surface area contributed by atoms with Crippen LogP contribution in [0.4, 0.5) is 0 Å². The van der Waals surface area contributed by atoms with Gasteiger partial charge in [0, 0.05) is 55.4 Å². The van der Waals surface area contributed by atoms with Gasteiger partial charge in [-0.2, -0.15) is 61.7 Å². The quantitative estimate of drug-likeness (QED) is 0.115. The van der Waals surface area contributed by atoms with Crippen molar-refractivity contribution in [1.29, 1.82) is 0 Å². The summed E-state index contributed by atoms with van der Waals surface area (Å²) < 4.78 is 15.0. The summed E-state index contributed by atoms with van der Waals surface area (Å²) in [5.41, 5.74) is 1.78. The van der Waals surface area contributed by atoms with Crippen molar-refractivity contribution in [3.05, 3.63) is 154 Å². The van der Waals surface area contributed by atoms with Gasteiger partial charge in [0.05, 0.1) is 0 Å². The molecule has 320 valence electrons. The maximum Gasteiger partial charge on any atom is 1.00 e. The molecule has 0 aliphatic heterocycles.